The Bertz CT molecular complexity index is 846. The fourth-order valence-corrected chi connectivity index (χ4v) is 3.06. The lowest BCUT2D eigenvalue weighted by atomic mass is 10.2. The fourth-order valence-electron chi connectivity index (χ4n) is 1.87. The molecule has 0 saturated carbocycles. The molecular formula is C14H8ClNO4S. The zero-order valence-corrected chi connectivity index (χ0v) is 12.0. The Kier molecular flexibility index (Phi) is 3.40. The number of aromatic nitrogens is 1. The van der Waals surface area contributed by atoms with Crippen LogP contribution in [0, 0.1) is 0 Å². The quantitative estimate of drug-likeness (QED) is 0.541. The number of halogens is 1. The zero-order valence-electron chi connectivity index (χ0n) is 10.4. The molecule has 5 nitrogen and oxygen atoms in total. The molecule has 0 atom stereocenters. The first-order chi connectivity index (χ1) is 10.0. The summed E-state index contributed by atoms with van der Waals surface area (Å²) in [5.41, 5.74) is 1.27. The number of thiazole rings is 1. The van der Waals surface area contributed by atoms with Crippen LogP contribution in [0.5, 0.6) is 11.5 Å². The largest absolute Gasteiger partial charge is 0.511 e. The van der Waals surface area contributed by atoms with Crippen LogP contribution in [0.15, 0.2) is 36.4 Å². The maximum absolute atomic E-state index is 10.5. The summed E-state index contributed by atoms with van der Waals surface area (Å²) in [6.45, 7) is 0. The van der Waals surface area contributed by atoms with Crippen molar-refractivity contribution in [3.63, 3.8) is 0 Å². The number of carbonyl (C=O) groups is 1. The molecule has 0 radical (unpaired) electrons. The minimum atomic E-state index is -1.37. The van der Waals surface area contributed by atoms with E-state index < -0.39 is 6.16 Å². The Morgan fingerprint density at radius 3 is 2.76 bits per heavy atom. The lowest BCUT2D eigenvalue weighted by Gasteiger charge is -2.00. The number of phenolic OH excluding ortho intramolecular Hbond substituents is 1. The molecule has 3 rings (SSSR count). The van der Waals surface area contributed by atoms with Crippen molar-refractivity contribution < 1.29 is 19.7 Å². The molecular weight excluding hydrogens is 314 g/mol. The summed E-state index contributed by atoms with van der Waals surface area (Å²) in [7, 11) is 0. The molecule has 21 heavy (non-hydrogen) atoms. The van der Waals surface area contributed by atoms with Crippen LogP contribution < -0.4 is 4.74 Å². The number of aromatic hydroxyl groups is 1. The van der Waals surface area contributed by atoms with E-state index in [1.54, 1.807) is 24.3 Å². The van der Waals surface area contributed by atoms with Crippen LogP contribution in [-0.2, 0) is 0 Å². The van der Waals surface area contributed by atoms with E-state index in [-0.39, 0.29) is 11.5 Å². The van der Waals surface area contributed by atoms with Crippen LogP contribution >= 0.6 is 22.9 Å². The maximum atomic E-state index is 10.5. The summed E-state index contributed by atoms with van der Waals surface area (Å²) < 4.78 is 5.37. The average Bonchev–Trinajstić information content (AvgIpc) is 2.80. The van der Waals surface area contributed by atoms with Crippen molar-refractivity contribution >= 4 is 39.3 Å². The number of hydrogen-bond donors (Lipinski definition) is 2. The number of rotatable bonds is 2. The van der Waals surface area contributed by atoms with Gasteiger partial charge in [0, 0.05) is 11.1 Å². The molecule has 0 amide bonds. The molecule has 2 N–H and O–H groups in total. The van der Waals surface area contributed by atoms with E-state index in [4.69, 9.17) is 16.7 Å². The molecule has 0 aliphatic rings. The standard InChI is InChI=1S/C14H8ClNO4S/c15-7-1-3-9(11(17)5-7)13-16-10-4-2-8(20-14(18)19)6-12(10)21-13/h1-6,17H,(H,18,19). The van der Waals surface area contributed by atoms with Gasteiger partial charge in [-0.2, -0.15) is 0 Å². The zero-order chi connectivity index (χ0) is 15.0. The predicted molar refractivity (Wildman–Crippen MR) is 80.4 cm³/mol. The number of carboxylic acid groups (broad SMARTS) is 1. The molecule has 2 aromatic carbocycles. The highest BCUT2D eigenvalue weighted by molar-refractivity contribution is 7.21. The third-order valence-corrected chi connectivity index (χ3v) is 4.04. The SMILES string of the molecule is O=C(O)Oc1ccc2nc(-c3ccc(Cl)cc3O)sc2c1. The van der Waals surface area contributed by atoms with Crippen molar-refractivity contribution in [2.45, 2.75) is 0 Å². The first kappa shape index (κ1) is 13.7. The molecule has 0 fully saturated rings. The highest BCUT2D eigenvalue weighted by atomic mass is 35.5. The van der Waals surface area contributed by atoms with Crippen LogP contribution in [0.3, 0.4) is 0 Å². The highest BCUT2D eigenvalue weighted by Gasteiger charge is 2.12. The monoisotopic (exact) mass is 321 g/mol. The van der Waals surface area contributed by atoms with E-state index in [2.05, 4.69) is 9.72 Å². The van der Waals surface area contributed by atoms with E-state index >= 15 is 0 Å². The molecule has 3 aromatic rings. The molecule has 0 bridgehead atoms. The Hall–Kier alpha value is -2.31. The Labute approximate surface area is 128 Å². The van der Waals surface area contributed by atoms with E-state index in [9.17, 15) is 9.90 Å². The lowest BCUT2D eigenvalue weighted by Crippen LogP contribution is -2.02. The third-order valence-electron chi connectivity index (χ3n) is 2.76. The molecule has 1 heterocycles. The molecule has 1 aromatic heterocycles. The van der Waals surface area contributed by atoms with Crippen molar-refractivity contribution in [1.82, 2.24) is 4.98 Å². The van der Waals surface area contributed by atoms with Crippen molar-refractivity contribution in [2.24, 2.45) is 0 Å². The minimum absolute atomic E-state index is 0.0450. The third kappa shape index (κ3) is 2.76. The van der Waals surface area contributed by atoms with Crippen molar-refractivity contribution in [2.75, 3.05) is 0 Å². The van der Waals surface area contributed by atoms with Crippen LogP contribution in [0.25, 0.3) is 20.8 Å². The number of hydrogen-bond acceptors (Lipinski definition) is 5. The Morgan fingerprint density at radius 1 is 1.24 bits per heavy atom. The smallest absolute Gasteiger partial charge is 0.507 e. The lowest BCUT2D eigenvalue weighted by molar-refractivity contribution is 0.144. The topological polar surface area (TPSA) is 79.7 Å². The van der Waals surface area contributed by atoms with Crippen LogP contribution in [0.1, 0.15) is 0 Å². The van der Waals surface area contributed by atoms with Gasteiger partial charge in [-0.15, -0.1) is 11.3 Å². The molecule has 0 saturated heterocycles. The van der Waals surface area contributed by atoms with Gasteiger partial charge < -0.3 is 14.9 Å². The van der Waals surface area contributed by atoms with Gasteiger partial charge in [-0.05, 0) is 30.3 Å². The van der Waals surface area contributed by atoms with E-state index in [1.165, 1.54) is 23.5 Å². The first-order valence-electron chi connectivity index (χ1n) is 5.83. The van der Waals surface area contributed by atoms with Gasteiger partial charge in [0.05, 0.1) is 15.8 Å². The maximum Gasteiger partial charge on any atom is 0.511 e. The summed E-state index contributed by atoms with van der Waals surface area (Å²) in [5, 5.41) is 19.6. The molecule has 0 aliphatic carbocycles. The summed E-state index contributed by atoms with van der Waals surface area (Å²) in [6, 6.07) is 9.59. The highest BCUT2D eigenvalue weighted by Crippen LogP contribution is 2.37. The Balaban J connectivity index is 2.06. The second-order valence-electron chi connectivity index (χ2n) is 4.18. The summed E-state index contributed by atoms with van der Waals surface area (Å²) in [4.78, 5) is 14.9. The molecule has 7 heteroatoms. The van der Waals surface area contributed by atoms with Gasteiger partial charge in [-0.1, -0.05) is 11.6 Å². The molecule has 106 valence electrons. The van der Waals surface area contributed by atoms with Crippen LogP contribution in [0.4, 0.5) is 4.79 Å². The van der Waals surface area contributed by atoms with Gasteiger partial charge >= 0.3 is 6.16 Å². The predicted octanol–water partition coefficient (Wildman–Crippen LogP) is 4.38. The second kappa shape index (κ2) is 5.23. The van der Waals surface area contributed by atoms with Crippen LogP contribution in [0.2, 0.25) is 5.02 Å². The van der Waals surface area contributed by atoms with Crippen LogP contribution in [-0.4, -0.2) is 21.4 Å². The van der Waals surface area contributed by atoms with Gasteiger partial charge in [-0.25, -0.2) is 9.78 Å². The van der Waals surface area contributed by atoms with Gasteiger partial charge in [-0.3, -0.25) is 0 Å². The average molecular weight is 322 g/mol. The number of phenols is 1. The summed E-state index contributed by atoms with van der Waals surface area (Å²) in [5.74, 6) is 0.272. The number of ether oxygens (including phenoxy) is 1. The molecule has 0 spiro atoms. The fraction of sp³-hybridized carbons (Fsp3) is 0. The van der Waals surface area contributed by atoms with E-state index in [0.717, 1.165) is 4.70 Å². The second-order valence-corrected chi connectivity index (χ2v) is 5.65. The normalized spacial score (nSPS) is 10.7. The van der Waals surface area contributed by atoms with Gasteiger partial charge in [0.2, 0.25) is 0 Å². The van der Waals surface area contributed by atoms with E-state index in [0.29, 0.717) is 21.1 Å². The van der Waals surface area contributed by atoms with E-state index in [1.807, 2.05) is 0 Å². The number of fused-ring (bicyclic) bond motifs is 1. The number of nitrogens with zero attached hydrogens (tertiary/aromatic N) is 1. The summed E-state index contributed by atoms with van der Waals surface area (Å²) in [6.07, 6.45) is -1.37. The van der Waals surface area contributed by atoms with Crippen molar-refractivity contribution in [1.29, 1.82) is 0 Å². The Morgan fingerprint density at radius 2 is 2.05 bits per heavy atom. The van der Waals surface area contributed by atoms with Crippen molar-refractivity contribution in [3.05, 3.63) is 41.4 Å². The molecule has 0 aliphatic heterocycles. The van der Waals surface area contributed by atoms with Gasteiger partial charge in [0.15, 0.2) is 0 Å². The van der Waals surface area contributed by atoms with Gasteiger partial charge in [0.25, 0.3) is 0 Å². The number of benzene rings is 2. The first-order valence-corrected chi connectivity index (χ1v) is 7.02. The van der Waals surface area contributed by atoms with Gasteiger partial charge in [0.1, 0.15) is 16.5 Å². The van der Waals surface area contributed by atoms with Crippen molar-refractivity contribution in [3.8, 4) is 22.1 Å². The summed E-state index contributed by atoms with van der Waals surface area (Å²) >= 11 is 7.13. The molecule has 0 unspecified atom stereocenters. The minimum Gasteiger partial charge on any atom is -0.507 e.